The molecule has 4 rings (SSSR count). The highest BCUT2D eigenvalue weighted by atomic mass is 35.5. The Morgan fingerprint density at radius 1 is 1.17 bits per heavy atom. The molecule has 0 atom stereocenters. The smallest absolute Gasteiger partial charge is 0.272 e. The topological polar surface area (TPSA) is 62.3 Å². The second-order valence-electron chi connectivity index (χ2n) is 6.22. The Morgan fingerprint density at radius 3 is 2.65 bits per heavy atom. The van der Waals surface area contributed by atoms with Gasteiger partial charge in [0.15, 0.2) is 0 Å². The van der Waals surface area contributed by atoms with E-state index in [4.69, 9.17) is 11.6 Å². The van der Waals surface area contributed by atoms with Crippen LogP contribution < -0.4 is 5.32 Å². The summed E-state index contributed by atoms with van der Waals surface area (Å²) in [4.78, 5) is 30.2. The number of likely N-dealkylation sites (tertiary alicyclic amines) is 1. The lowest BCUT2D eigenvalue weighted by Gasteiger charge is -2.39. The average Bonchev–Trinajstić information content (AvgIpc) is 3.33. The number of hydrogen-bond acceptors (Lipinski definition) is 3. The van der Waals surface area contributed by atoms with Gasteiger partial charge < -0.3 is 10.2 Å². The van der Waals surface area contributed by atoms with Gasteiger partial charge >= 0.3 is 0 Å². The van der Waals surface area contributed by atoms with Crippen molar-refractivity contribution in [2.45, 2.75) is 18.9 Å². The van der Waals surface area contributed by atoms with Crippen molar-refractivity contribution < 1.29 is 9.59 Å². The fourth-order valence-electron chi connectivity index (χ4n) is 2.77. The second kappa shape index (κ2) is 5.49. The first-order valence-corrected chi connectivity index (χ1v) is 8.14. The molecule has 0 bridgehead atoms. The van der Waals surface area contributed by atoms with Crippen LogP contribution in [0.1, 0.15) is 23.3 Å². The van der Waals surface area contributed by atoms with Gasteiger partial charge in [0, 0.05) is 29.4 Å². The van der Waals surface area contributed by atoms with Gasteiger partial charge in [-0.3, -0.25) is 9.59 Å². The summed E-state index contributed by atoms with van der Waals surface area (Å²) in [5.41, 5.74) is 1.12. The minimum Gasteiger partial charge on any atom is -0.350 e. The van der Waals surface area contributed by atoms with Gasteiger partial charge in [0.25, 0.3) is 5.91 Å². The summed E-state index contributed by atoms with van der Waals surface area (Å²) >= 11 is 5.97. The van der Waals surface area contributed by atoms with E-state index in [0.717, 1.165) is 18.2 Å². The van der Waals surface area contributed by atoms with Crippen molar-refractivity contribution in [1.82, 2.24) is 15.2 Å². The summed E-state index contributed by atoms with van der Waals surface area (Å²) in [5.74, 6) is 0.219. The first-order valence-electron chi connectivity index (χ1n) is 7.76. The monoisotopic (exact) mass is 329 g/mol. The van der Waals surface area contributed by atoms with Crippen LogP contribution in [0.15, 0.2) is 30.3 Å². The number of nitrogens with zero attached hydrogens (tertiary/aromatic N) is 2. The molecule has 5 nitrogen and oxygen atoms in total. The molecule has 1 aromatic carbocycles. The van der Waals surface area contributed by atoms with Crippen molar-refractivity contribution in [3.05, 3.63) is 41.0 Å². The summed E-state index contributed by atoms with van der Waals surface area (Å²) in [5, 5.41) is 4.53. The van der Waals surface area contributed by atoms with Gasteiger partial charge in [0.1, 0.15) is 5.69 Å². The zero-order valence-corrected chi connectivity index (χ0v) is 13.2. The van der Waals surface area contributed by atoms with Crippen molar-refractivity contribution in [2.75, 3.05) is 13.1 Å². The van der Waals surface area contributed by atoms with E-state index < -0.39 is 0 Å². The van der Waals surface area contributed by atoms with Crippen LogP contribution in [0, 0.1) is 5.92 Å². The average molecular weight is 330 g/mol. The highest BCUT2D eigenvalue weighted by Gasteiger charge is 2.36. The van der Waals surface area contributed by atoms with Crippen LogP contribution in [-0.4, -0.2) is 40.8 Å². The summed E-state index contributed by atoms with van der Waals surface area (Å²) in [6, 6.07) is 9.11. The lowest BCUT2D eigenvalue weighted by molar-refractivity contribution is -0.123. The fourth-order valence-corrected chi connectivity index (χ4v) is 2.94. The predicted molar refractivity (Wildman–Crippen MR) is 87.3 cm³/mol. The number of benzene rings is 1. The SMILES string of the molecule is O=C(NC1CN(C(=O)c2ccc3ccc(Cl)cc3n2)C1)C1CC1. The second-order valence-corrected chi connectivity index (χ2v) is 6.66. The van der Waals surface area contributed by atoms with Crippen LogP contribution in [0.25, 0.3) is 10.9 Å². The van der Waals surface area contributed by atoms with Crippen molar-refractivity contribution in [2.24, 2.45) is 5.92 Å². The number of fused-ring (bicyclic) bond motifs is 1. The number of pyridine rings is 1. The lowest BCUT2D eigenvalue weighted by Crippen LogP contribution is -2.61. The van der Waals surface area contributed by atoms with Crippen molar-refractivity contribution in [3.63, 3.8) is 0 Å². The van der Waals surface area contributed by atoms with E-state index in [0.29, 0.717) is 29.3 Å². The number of aromatic nitrogens is 1. The molecule has 1 aliphatic heterocycles. The Bertz CT molecular complexity index is 798. The summed E-state index contributed by atoms with van der Waals surface area (Å²) in [7, 11) is 0. The molecular formula is C17H16ClN3O2. The quantitative estimate of drug-likeness (QED) is 0.939. The summed E-state index contributed by atoms with van der Waals surface area (Å²) < 4.78 is 0. The van der Waals surface area contributed by atoms with Gasteiger partial charge in [-0.2, -0.15) is 0 Å². The normalized spacial score (nSPS) is 17.9. The molecule has 1 N–H and O–H groups in total. The first-order chi connectivity index (χ1) is 11.1. The third-order valence-electron chi connectivity index (χ3n) is 4.34. The molecule has 0 radical (unpaired) electrons. The van der Waals surface area contributed by atoms with E-state index in [1.165, 1.54) is 0 Å². The molecular weight excluding hydrogens is 314 g/mol. The van der Waals surface area contributed by atoms with Gasteiger partial charge in [-0.15, -0.1) is 0 Å². The minimum absolute atomic E-state index is 0.0713. The van der Waals surface area contributed by atoms with Gasteiger partial charge in [-0.1, -0.05) is 23.7 Å². The molecule has 2 amide bonds. The molecule has 0 spiro atoms. The van der Waals surface area contributed by atoms with Crippen LogP contribution in [0.4, 0.5) is 0 Å². The van der Waals surface area contributed by atoms with Gasteiger partial charge in [-0.05, 0) is 31.0 Å². The predicted octanol–water partition coefficient (Wildman–Crippen LogP) is 2.24. The van der Waals surface area contributed by atoms with Crippen LogP contribution >= 0.6 is 11.6 Å². The van der Waals surface area contributed by atoms with Gasteiger partial charge in [-0.25, -0.2) is 4.98 Å². The third-order valence-corrected chi connectivity index (χ3v) is 4.57. The number of rotatable bonds is 3. The summed E-state index contributed by atoms with van der Waals surface area (Å²) in [6.45, 7) is 1.10. The molecule has 6 heteroatoms. The van der Waals surface area contributed by atoms with Crippen LogP contribution in [0.2, 0.25) is 5.02 Å². The van der Waals surface area contributed by atoms with E-state index in [1.807, 2.05) is 12.1 Å². The Hall–Kier alpha value is -2.14. The van der Waals surface area contributed by atoms with Crippen LogP contribution in [-0.2, 0) is 4.79 Å². The zero-order chi connectivity index (χ0) is 16.0. The van der Waals surface area contributed by atoms with E-state index in [2.05, 4.69) is 10.3 Å². The molecule has 2 heterocycles. The van der Waals surface area contributed by atoms with E-state index in [-0.39, 0.29) is 23.8 Å². The molecule has 0 unspecified atom stereocenters. The van der Waals surface area contributed by atoms with Crippen molar-refractivity contribution >= 4 is 34.3 Å². The maximum absolute atomic E-state index is 12.5. The molecule has 23 heavy (non-hydrogen) atoms. The Balaban J connectivity index is 1.42. The molecule has 1 aromatic heterocycles. The van der Waals surface area contributed by atoms with Crippen molar-refractivity contribution in [1.29, 1.82) is 0 Å². The number of carbonyl (C=O) groups excluding carboxylic acids is 2. The number of amides is 2. The number of nitrogens with one attached hydrogen (secondary N) is 1. The maximum Gasteiger partial charge on any atom is 0.272 e. The van der Waals surface area contributed by atoms with E-state index in [9.17, 15) is 9.59 Å². The standard InChI is InChI=1S/C17H16ClN3O2/c18-12-5-3-10-4-6-14(20-15(10)7-12)17(23)21-8-13(9-21)19-16(22)11-1-2-11/h3-7,11,13H,1-2,8-9H2,(H,19,22). The van der Waals surface area contributed by atoms with Crippen molar-refractivity contribution in [3.8, 4) is 0 Å². The number of carbonyl (C=O) groups is 2. The Labute approximate surface area is 138 Å². The third kappa shape index (κ3) is 2.88. The van der Waals surface area contributed by atoms with E-state index >= 15 is 0 Å². The first kappa shape index (κ1) is 14.5. The summed E-state index contributed by atoms with van der Waals surface area (Å²) in [6.07, 6.45) is 1.98. The zero-order valence-electron chi connectivity index (χ0n) is 12.5. The fraction of sp³-hybridized carbons (Fsp3) is 0.353. The Morgan fingerprint density at radius 2 is 1.91 bits per heavy atom. The molecule has 118 valence electrons. The molecule has 1 aliphatic carbocycles. The number of halogens is 1. The number of hydrogen-bond donors (Lipinski definition) is 1. The Kier molecular flexibility index (Phi) is 3.45. The highest BCUT2D eigenvalue weighted by Crippen LogP contribution is 2.29. The maximum atomic E-state index is 12.5. The van der Waals surface area contributed by atoms with Gasteiger partial charge in [0.05, 0.1) is 11.6 Å². The lowest BCUT2D eigenvalue weighted by atomic mass is 10.1. The largest absolute Gasteiger partial charge is 0.350 e. The van der Waals surface area contributed by atoms with Gasteiger partial charge in [0.2, 0.25) is 5.91 Å². The molecule has 2 aromatic rings. The van der Waals surface area contributed by atoms with E-state index in [1.54, 1.807) is 23.1 Å². The highest BCUT2D eigenvalue weighted by molar-refractivity contribution is 6.31. The van der Waals surface area contributed by atoms with Crippen LogP contribution in [0.3, 0.4) is 0 Å². The molecule has 1 saturated carbocycles. The molecule has 2 aliphatic rings. The molecule has 2 fully saturated rings. The minimum atomic E-state index is -0.108. The molecule has 1 saturated heterocycles. The van der Waals surface area contributed by atoms with Crippen LogP contribution in [0.5, 0.6) is 0 Å².